The van der Waals surface area contributed by atoms with Gasteiger partial charge in [-0.3, -0.25) is 0 Å². The van der Waals surface area contributed by atoms with Gasteiger partial charge in [-0.2, -0.15) is 0 Å². The maximum Gasteiger partial charge on any atom is 0.142 e. The smallest absolute Gasteiger partial charge is 0.142 e. The number of alkyl halides is 1. The van der Waals surface area contributed by atoms with Gasteiger partial charge in [-0.05, 0) is 54.5 Å². The first kappa shape index (κ1) is 15.3. The molecule has 0 bridgehead atoms. The van der Waals surface area contributed by atoms with Crippen molar-refractivity contribution in [2.24, 2.45) is 5.92 Å². The van der Waals surface area contributed by atoms with Gasteiger partial charge in [0.25, 0.3) is 0 Å². The Morgan fingerprint density at radius 2 is 1.85 bits per heavy atom. The highest BCUT2D eigenvalue weighted by atomic mass is 35.5. The Morgan fingerprint density at radius 1 is 1.10 bits per heavy atom. The van der Waals surface area contributed by atoms with E-state index in [0.29, 0.717) is 11.8 Å². The minimum atomic E-state index is -0.367. The van der Waals surface area contributed by atoms with Crippen molar-refractivity contribution < 1.29 is 4.39 Å². The van der Waals surface area contributed by atoms with Crippen LogP contribution in [-0.2, 0) is 12.8 Å². The fraction of sp³-hybridized carbons (Fsp3) is 0.294. The first-order valence-corrected chi connectivity index (χ1v) is 7.55. The van der Waals surface area contributed by atoms with E-state index in [1.807, 2.05) is 18.2 Å². The molecule has 0 amide bonds. The summed E-state index contributed by atoms with van der Waals surface area (Å²) in [6.45, 7) is 2.10. The van der Waals surface area contributed by atoms with Crippen molar-refractivity contribution in [3.05, 3.63) is 70.0 Å². The number of benzene rings is 2. The summed E-state index contributed by atoms with van der Waals surface area (Å²) < 4.78 is 13.5. The van der Waals surface area contributed by atoms with E-state index in [1.165, 1.54) is 17.2 Å². The molecule has 0 aromatic heterocycles. The molecule has 0 radical (unpaired) electrons. The summed E-state index contributed by atoms with van der Waals surface area (Å²) in [5.41, 5.74) is 3.50. The van der Waals surface area contributed by atoms with Crippen LogP contribution in [-0.4, -0.2) is 5.88 Å². The summed E-state index contributed by atoms with van der Waals surface area (Å²) in [7, 11) is 0. The van der Waals surface area contributed by atoms with Crippen molar-refractivity contribution in [1.29, 1.82) is 0 Å². The van der Waals surface area contributed by atoms with E-state index in [2.05, 4.69) is 19.1 Å². The van der Waals surface area contributed by atoms with Crippen LogP contribution in [0.2, 0.25) is 5.02 Å². The Labute approximate surface area is 129 Å². The van der Waals surface area contributed by atoms with Crippen molar-refractivity contribution in [3.63, 3.8) is 0 Å². The zero-order valence-electron chi connectivity index (χ0n) is 11.4. The molecule has 2 aromatic carbocycles. The van der Waals surface area contributed by atoms with Gasteiger partial charge in [0.2, 0.25) is 0 Å². The molecule has 20 heavy (non-hydrogen) atoms. The predicted molar refractivity (Wildman–Crippen MR) is 84.2 cm³/mol. The van der Waals surface area contributed by atoms with E-state index in [9.17, 15) is 4.39 Å². The van der Waals surface area contributed by atoms with Crippen LogP contribution in [0.3, 0.4) is 0 Å². The molecule has 0 aliphatic rings. The Kier molecular flexibility index (Phi) is 5.45. The summed E-state index contributed by atoms with van der Waals surface area (Å²) in [4.78, 5) is 0. The fourth-order valence-corrected chi connectivity index (χ4v) is 2.67. The average molecular weight is 311 g/mol. The summed E-state index contributed by atoms with van der Waals surface area (Å²) in [5, 5.41) is 0.162. The number of halogens is 3. The Hall–Kier alpha value is -1.05. The molecule has 1 atom stereocenters. The molecule has 0 nitrogen and oxygen atoms in total. The lowest BCUT2D eigenvalue weighted by Gasteiger charge is -2.16. The van der Waals surface area contributed by atoms with E-state index in [4.69, 9.17) is 23.2 Å². The lowest BCUT2D eigenvalue weighted by atomic mass is 9.92. The van der Waals surface area contributed by atoms with Gasteiger partial charge >= 0.3 is 0 Å². The van der Waals surface area contributed by atoms with Gasteiger partial charge in [-0.15, -0.1) is 11.6 Å². The molecule has 0 aliphatic heterocycles. The molecule has 106 valence electrons. The Balaban J connectivity index is 2.09. The molecule has 2 rings (SSSR count). The van der Waals surface area contributed by atoms with Crippen LogP contribution in [0.25, 0.3) is 0 Å². The molecule has 0 heterocycles. The molecule has 0 aliphatic carbocycles. The zero-order chi connectivity index (χ0) is 14.5. The molecule has 2 aromatic rings. The fourth-order valence-electron chi connectivity index (χ4n) is 2.33. The van der Waals surface area contributed by atoms with Gasteiger partial charge < -0.3 is 0 Å². The SMILES string of the molecule is Cc1ccccc1CC(CCl)Cc1ccc(Cl)c(F)c1. The molecule has 0 saturated carbocycles. The quantitative estimate of drug-likeness (QED) is 0.646. The van der Waals surface area contributed by atoms with Gasteiger partial charge in [0.1, 0.15) is 5.82 Å². The van der Waals surface area contributed by atoms with Gasteiger partial charge in [-0.25, -0.2) is 4.39 Å². The van der Waals surface area contributed by atoms with Crippen LogP contribution in [0.5, 0.6) is 0 Å². The van der Waals surface area contributed by atoms with Crippen molar-refractivity contribution in [2.45, 2.75) is 19.8 Å². The summed E-state index contributed by atoms with van der Waals surface area (Å²) in [6, 6.07) is 13.3. The van der Waals surface area contributed by atoms with Crippen molar-refractivity contribution >= 4 is 23.2 Å². The maximum absolute atomic E-state index is 13.5. The van der Waals surface area contributed by atoms with Crippen LogP contribution in [0.1, 0.15) is 16.7 Å². The van der Waals surface area contributed by atoms with E-state index in [1.54, 1.807) is 6.07 Å². The largest absolute Gasteiger partial charge is 0.205 e. The average Bonchev–Trinajstić information content (AvgIpc) is 2.44. The third-order valence-corrected chi connectivity index (χ3v) is 4.24. The minimum Gasteiger partial charge on any atom is -0.205 e. The highest BCUT2D eigenvalue weighted by Gasteiger charge is 2.12. The summed E-state index contributed by atoms with van der Waals surface area (Å²) in [5.74, 6) is 0.477. The second-order valence-corrected chi connectivity index (χ2v) is 5.82. The Morgan fingerprint density at radius 3 is 2.50 bits per heavy atom. The highest BCUT2D eigenvalue weighted by molar-refractivity contribution is 6.30. The van der Waals surface area contributed by atoms with Gasteiger partial charge in [-0.1, -0.05) is 41.9 Å². The predicted octanol–water partition coefficient (Wildman–Crippen LogP) is 5.43. The van der Waals surface area contributed by atoms with E-state index >= 15 is 0 Å². The molecule has 0 spiro atoms. The highest BCUT2D eigenvalue weighted by Crippen LogP contribution is 2.21. The van der Waals surface area contributed by atoms with E-state index in [-0.39, 0.29) is 10.8 Å². The van der Waals surface area contributed by atoms with E-state index in [0.717, 1.165) is 18.4 Å². The van der Waals surface area contributed by atoms with Crippen molar-refractivity contribution in [1.82, 2.24) is 0 Å². The lowest BCUT2D eigenvalue weighted by molar-refractivity contribution is 0.575. The van der Waals surface area contributed by atoms with Gasteiger partial charge in [0.15, 0.2) is 0 Å². The molecule has 0 saturated heterocycles. The van der Waals surface area contributed by atoms with Crippen LogP contribution in [0.15, 0.2) is 42.5 Å². The summed E-state index contributed by atoms with van der Waals surface area (Å²) in [6.07, 6.45) is 1.66. The zero-order valence-corrected chi connectivity index (χ0v) is 12.9. The Bertz CT molecular complexity index is 581. The van der Waals surface area contributed by atoms with Gasteiger partial charge in [0, 0.05) is 5.88 Å². The molecular weight excluding hydrogens is 294 g/mol. The number of aryl methyl sites for hydroxylation is 1. The van der Waals surface area contributed by atoms with Crippen molar-refractivity contribution in [2.75, 3.05) is 5.88 Å². The van der Waals surface area contributed by atoms with Crippen LogP contribution < -0.4 is 0 Å². The first-order valence-electron chi connectivity index (χ1n) is 6.64. The maximum atomic E-state index is 13.5. The second kappa shape index (κ2) is 7.10. The molecule has 0 fully saturated rings. The molecule has 3 heteroatoms. The summed E-state index contributed by atoms with van der Waals surface area (Å²) >= 11 is 11.8. The van der Waals surface area contributed by atoms with Crippen LogP contribution in [0, 0.1) is 18.7 Å². The minimum absolute atomic E-state index is 0.162. The molecule has 0 N–H and O–H groups in total. The molecule has 1 unspecified atom stereocenters. The van der Waals surface area contributed by atoms with Gasteiger partial charge in [0.05, 0.1) is 5.02 Å². The second-order valence-electron chi connectivity index (χ2n) is 5.10. The monoisotopic (exact) mass is 310 g/mol. The number of hydrogen-bond donors (Lipinski definition) is 0. The third-order valence-electron chi connectivity index (χ3n) is 3.50. The topological polar surface area (TPSA) is 0 Å². The van der Waals surface area contributed by atoms with E-state index < -0.39 is 0 Å². The number of hydrogen-bond acceptors (Lipinski definition) is 0. The molecular formula is C17H17Cl2F. The van der Waals surface area contributed by atoms with Crippen LogP contribution >= 0.6 is 23.2 Å². The third kappa shape index (κ3) is 3.97. The lowest BCUT2D eigenvalue weighted by Crippen LogP contribution is -2.11. The standard InChI is InChI=1S/C17H17Cl2F/c1-12-4-2-3-5-15(12)9-14(11-18)8-13-6-7-16(19)17(20)10-13/h2-7,10,14H,8-9,11H2,1H3. The number of rotatable bonds is 5. The first-order chi connectivity index (χ1) is 9.60. The normalized spacial score (nSPS) is 12.4. The van der Waals surface area contributed by atoms with Crippen LogP contribution in [0.4, 0.5) is 4.39 Å². The van der Waals surface area contributed by atoms with Crippen molar-refractivity contribution in [3.8, 4) is 0 Å².